The minimum atomic E-state index is -0.0876. The van der Waals surface area contributed by atoms with Crippen molar-refractivity contribution in [2.75, 3.05) is 9.80 Å². The van der Waals surface area contributed by atoms with Crippen LogP contribution in [0.15, 0.2) is 165 Å². The first-order valence-electron chi connectivity index (χ1n) is 24.1. The molecule has 1 aromatic heterocycles. The molecule has 2 atom stereocenters. The first-order chi connectivity index (χ1) is 31.8. The molecule has 0 saturated carbocycles. The van der Waals surface area contributed by atoms with Crippen molar-refractivity contribution in [3.8, 4) is 5.69 Å². The summed E-state index contributed by atoms with van der Waals surface area (Å²) in [6, 6.07) is 35.9. The summed E-state index contributed by atoms with van der Waals surface area (Å²) in [6.45, 7) is 18.9. The van der Waals surface area contributed by atoms with Crippen molar-refractivity contribution >= 4 is 91.5 Å². The molecule has 6 heteroatoms. The number of rotatable bonds is 4. The van der Waals surface area contributed by atoms with Crippen LogP contribution in [0.1, 0.15) is 102 Å². The van der Waals surface area contributed by atoms with Crippen LogP contribution in [0.25, 0.3) is 22.2 Å². The van der Waals surface area contributed by atoms with Gasteiger partial charge in [0.25, 0.3) is 6.71 Å². The Labute approximate surface area is 399 Å². The zero-order valence-corrected chi connectivity index (χ0v) is 41.1. The van der Waals surface area contributed by atoms with Gasteiger partial charge in [-0.25, -0.2) is 0 Å². The number of anilines is 5. The Morgan fingerprint density at radius 1 is 0.727 bits per heavy atom. The largest absolute Gasteiger partial charge is 0.313 e. The summed E-state index contributed by atoms with van der Waals surface area (Å²) in [5.41, 5.74) is 24.4. The van der Waals surface area contributed by atoms with Gasteiger partial charge in [0.15, 0.2) is 0 Å². The molecule has 5 heterocycles. The molecule has 3 nitrogen and oxygen atoms in total. The maximum absolute atomic E-state index is 2.74. The fourth-order valence-corrected chi connectivity index (χ4v) is 14.9. The molecule has 0 amide bonds. The van der Waals surface area contributed by atoms with Gasteiger partial charge in [-0.15, -0.1) is 11.8 Å². The lowest BCUT2D eigenvalue weighted by atomic mass is 9.33. The van der Waals surface area contributed by atoms with Gasteiger partial charge in [0.2, 0.25) is 0 Å². The minimum Gasteiger partial charge on any atom is -0.313 e. The number of fused-ring (bicyclic) bond motifs is 12. The number of thioether (sulfide) groups is 2. The number of hydrogen-bond donors (Lipinski definition) is 0. The number of benzene rings is 5. The second kappa shape index (κ2) is 14.5. The third-order valence-electron chi connectivity index (χ3n) is 15.5. The highest BCUT2D eigenvalue weighted by atomic mass is 32.2. The van der Waals surface area contributed by atoms with E-state index >= 15 is 0 Å². The predicted molar refractivity (Wildman–Crippen MR) is 286 cm³/mol. The maximum atomic E-state index is 2.74. The van der Waals surface area contributed by atoms with E-state index in [1.54, 1.807) is 0 Å². The molecule has 2 unspecified atom stereocenters. The molecule has 3 aliphatic carbocycles. The summed E-state index contributed by atoms with van der Waals surface area (Å²) >= 11 is 4.10. The van der Waals surface area contributed by atoms with Gasteiger partial charge in [-0.05, 0) is 136 Å². The SMILES string of the molecule is CC1=CCCC=C1N(c1ccc2c(c1)N(c1cccc3c1SC1CC(C(C)(C)C)=CC=C31)c1cc(C(C)(C)C)cc3c1B2c1cccc2c4c(n-3c12)C1CC=CC=C1S4)c1ccccc1C. The molecule has 4 aliphatic heterocycles. The monoisotopic (exact) mass is 893 g/mol. The van der Waals surface area contributed by atoms with Crippen LogP contribution >= 0.6 is 23.5 Å². The van der Waals surface area contributed by atoms with Crippen LogP contribution < -0.4 is 26.2 Å². The van der Waals surface area contributed by atoms with Gasteiger partial charge < -0.3 is 14.4 Å². The van der Waals surface area contributed by atoms with Crippen molar-refractivity contribution in [3.05, 3.63) is 178 Å². The molecule has 13 rings (SSSR count). The van der Waals surface area contributed by atoms with Gasteiger partial charge in [-0.3, -0.25) is 0 Å². The smallest absolute Gasteiger partial charge is 0.252 e. The molecule has 0 fully saturated rings. The lowest BCUT2D eigenvalue weighted by molar-refractivity contribution is 0.484. The molecule has 0 saturated heterocycles. The quantitative estimate of drug-likeness (QED) is 0.163. The Kier molecular flexibility index (Phi) is 8.92. The van der Waals surface area contributed by atoms with Gasteiger partial charge in [-0.2, -0.15) is 0 Å². The number of para-hydroxylation sites is 2. The second-order valence-electron chi connectivity index (χ2n) is 21.6. The van der Waals surface area contributed by atoms with Gasteiger partial charge in [0.05, 0.1) is 5.69 Å². The van der Waals surface area contributed by atoms with Gasteiger partial charge in [-0.1, -0.05) is 156 Å². The fourth-order valence-electron chi connectivity index (χ4n) is 12.1. The van der Waals surface area contributed by atoms with E-state index in [1.807, 2.05) is 11.8 Å². The Bertz CT molecular complexity index is 3340. The highest BCUT2D eigenvalue weighted by Gasteiger charge is 2.47. The van der Waals surface area contributed by atoms with Crippen LogP contribution in [0.3, 0.4) is 0 Å². The lowest BCUT2D eigenvalue weighted by Gasteiger charge is -2.43. The van der Waals surface area contributed by atoms with E-state index in [9.17, 15) is 0 Å². The van der Waals surface area contributed by atoms with E-state index in [2.05, 4.69) is 215 Å². The van der Waals surface area contributed by atoms with Crippen LogP contribution in [-0.2, 0) is 5.41 Å². The van der Waals surface area contributed by atoms with Crippen molar-refractivity contribution in [2.24, 2.45) is 5.41 Å². The molecule has 326 valence electrons. The number of allylic oxidation sites excluding steroid dienone is 10. The third-order valence-corrected chi connectivity index (χ3v) is 18.2. The first kappa shape index (κ1) is 40.7. The summed E-state index contributed by atoms with van der Waals surface area (Å²) in [6.07, 6.45) is 21.0. The summed E-state index contributed by atoms with van der Waals surface area (Å²) < 4.78 is 2.74. The van der Waals surface area contributed by atoms with Crippen molar-refractivity contribution in [1.82, 2.24) is 4.57 Å². The molecule has 0 spiro atoms. The summed E-state index contributed by atoms with van der Waals surface area (Å²) in [5, 5.41) is 1.79. The molecule has 0 radical (unpaired) electrons. The van der Waals surface area contributed by atoms with Crippen molar-refractivity contribution < 1.29 is 0 Å². The maximum Gasteiger partial charge on any atom is 0.252 e. The van der Waals surface area contributed by atoms with Crippen molar-refractivity contribution in [2.45, 2.75) is 107 Å². The second-order valence-corrected chi connectivity index (χ2v) is 23.9. The van der Waals surface area contributed by atoms with Crippen LogP contribution in [0.5, 0.6) is 0 Å². The zero-order chi connectivity index (χ0) is 45.0. The Hall–Kier alpha value is -5.56. The van der Waals surface area contributed by atoms with Crippen LogP contribution in [-0.4, -0.2) is 16.5 Å². The van der Waals surface area contributed by atoms with E-state index in [0.29, 0.717) is 11.2 Å². The van der Waals surface area contributed by atoms with E-state index in [4.69, 9.17) is 0 Å². The van der Waals surface area contributed by atoms with Crippen LogP contribution in [0.4, 0.5) is 28.4 Å². The third kappa shape index (κ3) is 5.86. The Morgan fingerprint density at radius 3 is 2.36 bits per heavy atom. The topological polar surface area (TPSA) is 11.4 Å². The van der Waals surface area contributed by atoms with E-state index < -0.39 is 0 Å². The van der Waals surface area contributed by atoms with Crippen LogP contribution in [0, 0.1) is 12.3 Å². The van der Waals surface area contributed by atoms with Crippen molar-refractivity contribution in [3.63, 3.8) is 0 Å². The molecule has 6 aromatic rings. The normalized spacial score (nSPS) is 19.8. The fraction of sp³-hybridized carbons (Fsp3) is 0.267. The Balaban J connectivity index is 1.12. The highest BCUT2D eigenvalue weighted by Crippen LogP contribution is 2.59. The Morgan fingerprint density at radius 2 is 1.55 bits per heavy atom. The van der Waals surface area contributed by atoms with E-state index in [-0.39, 0.29) is 17.5 Å². The summed E-state index contributed by atoms with van der Waals surface area (Å²) in [7, 11) is 0. The van der Waals surface area contributed by atoms with E-state index in [1.165, 1.54) is 121 Å². The number of nitrogens with zero attached hydrogens (tertiary/aromatic N) is 3. The molecular weight excluding hydrogens is 838 g/mol. The molecule has 66 heavy (non-hydrogen) atoms. The van der Waals surface area contributed by atoms with Gasteiger partial charge >= 0.3 is 0 Å². The van der Waals surface area contributed by atoms with Crippen LogP contribution in [0.2, 0.25) is 0 Å². The molecular formula is C60H56BN3S2. The molecule has 0 N–H and O–H groups in total. The summed E-state index contributed by atoms with van der Waals surface area (Å²) in [4.78, 5) is 9.59. The number of aromatic nitrogens is 1. The van der Waals surface area contributed by atoms with Gasteiger partial charge in [0, 0.05) is 71.7 Å². The average Bonchev–Trinajstić information content (AvgIpc) is 3.98. The zero-order valence-electron chi connectivity index (χ0n) is 39.4. The predicted octanol–water partition coefficient (Wildman–Crippen LogP) is 14.9. The molecule has 0 bridgehead atoms. The number of aryl methyl sites for hydroxylation is 1. The summed E-state index contributed by atoms with van der Waals surface area (Å²) in [5.74, 6) is 0.367. The standard InChI is InChI=1S/C60H56BN3S2/c1-35-17-9-12-23-46(35)62(47-24-13-10-18-36(47)2)39-28-30-44-49(34-39)63(48-25-16-20-41-40-29-27-37(59(3,4)5)33-53(40)66-57(41)48)50-31-38(60(6,7)8)32-51-54(50)61(44)45-22-15-21-43-55(45)64(51)56-42-19-11-14-26-52(42)65-58(43)56/h9,11-12,14-18,20-32,34,42,53H,10,13,19,33H2,1-8H3. The molecule has 7 aliphatic rings. The molecule has 5 aromatic carbocycles. The first-order valence-corrected chi connectivity index (χ1v) is 25.8. The van der Waals surface area contributed by atoms with E-state index in [0.717, 1.165) is 25.7 Å². The highest BCUT2D eigenvalue weighted by molar-refractivity contribution is 8.03. The number of hydrogen-bond acceptors (Lipinski definition) is 4. The van der Waals surface area contributed by atoms with Gasteiger partial charge in [0.1, 0.15) is 0 Å². The van der Waals surface area contributed by atoms with Crippen molar-refractivity contribution in [1.29, 1.82) is 0 Å². The average molecular weight is 894 g/mol. The minimum absolute atomic E-state index is 0.0671. The lowest BCUT2D eigenvalue weighted by Crippen LogP contribution is -2.60.